The molecule has 110 valence electrons. The highest BCUT2D eigenvalue weighted by atomic mass is 35.5. The first-order valence-corrected chi connectivity index (χ1v) is 8.21. The number of halogens is 1. The molecule has 1 aromatic heterocycles. The van der Waals surface area contributed by atoms with Gasteiger partial charge in [-0.15, -0.1) is 11.3 Å². The van der Waals surface area contributed by atoms with Crippen LogP contribution in [0.3, 0.4) is 0 Å². The smallest absolute Gasteiger partial charge is 0.271 e. The van der Waals surface area contributed by atoms with Crippen molar-refractivity contribution in [2.24, 2.45) is 0 Å². The van der Waals surface area contributed by atoms with Crippen LogP contribution < -0.4 is 10.6 Å². The molecule has 1 saturated heterocycles. The van der Waals surface area contributed by atoms with Gasteiger partial charge in [-0.25, -0.2) is 4.98 Å². The van der Waals surface area contributed by atoms with E-state index in [9.17, 15) is 4.79 Å². The number of hydrogen-bond acceptors (Lipinski definition) is 4. The molecule has 1 aliphatic rings. The molecular weight excluding hydrogens is 306 g/mol. The van der Waals surface area contributed by atoms with E-state index in [1.807, 2.05) is 24.3 Å². The van der Waals surface area contributed by atoms with Gasteiger partial charge < -0.3 is 10.6 Å². The Morgan fingerprint density at radius 2 is 2.38 bits per heavy atom. The van der Waals surface area contributed by atoms with Crippen molar-refractivity contribution >= 4 is 28.8 Å². The standard InChI is InChI=1S/C15H16ClN3OS/c16-11-4-1-3-10(7-11)15-19-13(9-21-15)14(20)18-12-5-2-6-17-8-12/h1,3-4,7,9,12,17H,2,5-6,8H2,(H,18,20)/t12-/m0/s1. The van der Waals surface area contributed by atoms with Gasteiger partial charge >= 0.3 is 0 Å². The number of aromatic nitrogens is 1. The summed E-state index contributed by atoms with van der Waals surface area (Å²) in [5, 5.41) is 9.58. The number of carbonyl (C=O) groups is 1. The molecule has 0 aliphatic carbocycles. The molecule has 1 aliphatic heterocycles. The molecule has 1 fully saturated rings. The molecule has 0 radical (unpaired) electrons. The highest BCUT2D eigenvalue weighted by molar-refractivity contribution is 7.13. The Morgan fingerprint density at radius 1 is 1.48 bits per heavy atom. The molecule has 21 heavy (non-hydrogen) atoms. The van der Waals surface area contributed by atoms with Crippen molar-refractivity contribution in [3.63, 3.8) is 0 Å². The number of rotatable bonds is 3. The van der Waals surface area contributed by atoms with Gasteiger partial charge in [-0.2, -0.15) is 0 Å². The molecule has 1 aromatic carbocycles. The summed E-state index contributed by atoms with van der Waals surface area (Å²) in [5.74, 6) is -0.103. The number of carbonyl (C=O) groups excluding carboxylic acids is 1. The van der Waals surface area contributed by atoms with Gasteiger partial charge in [-0.05, 0) is 31.5 Å². The average Bonchev–Trinajstić information content (AvgIpc) is 2.98. The zero-order valence-corrected chi connectivity index (χ0v) is 13.0. The average molecular weight is 322 g/mol. The summed E-state index contributed by atoms with van der Waals surface area (Å²) in [6.07, 6.45) is 2.11. The second-order valence-corrected chi connectivity index (χ2v) is 6.36. The Balaban J connectivity index is 1.70. The first-order valence-electron chi connectivity index (χ1n) is 6.95. The molecule has 1 amide bonds. The van der Waals surface area contributed by atoms with E-state index in [4.69, 9.17) is 11.6 Å². The molecule has 4 nitrogen and oxygen atoms in total. The van der Waals surface area contributed by atoms with E-state index < -0.39 is 0 Å². The van der Waals surface area contributed by atoms with Crippen LogP contribution in [0, 0.1) is 0 Å². The molecule has 2 heterocycles. The minimum Gasteiger partial charge on any atom is -0.347 e. The molecular formula is C15H16ClN3OS. The lowest BCUT2D eigenvalue weighted by atomic mass is 10.1. The first-order chi connectivity index (χ1) is 10.2. The number of benzene rings is 1. The largest absolute Gasteiger partial charge is 0.347 e. The third-order valence-corrected chi connectivity index (χ3v) is 4.57. The monoisotopic (exact) mass is 321 g/mol. The highest BCUT2D eigenvalue weighted by Crippen LogP contribution is 2.26. The van der Waals surface area contributed by atoms with E-state index in [1.165, 1.54) is 11.3 Å². The maximum Gasteiger partial charge on any atom is 0.271 e. The van der Waals surface area contributed by atoms with E-state index in [2.05, 4.69) is 15.6 Å². The predicted octanol–water partition coefficient (Wildman–Crippen LogP) is 2.95. The fourth-order valence-electron chi connectivity index (χ4n) is 2.37. The summed E-state index contributed by atoms with van der Waals surface area (Å²) < 4.78 is 0. The third-order valence-electron chi connectivity index (χ3n) is 3.44. The molecule has 3 rings (SSSR count). The Morgan fingerprint density at radius 3 is 3.14 bits per heavy atom. The fourth-order valence-corrected chi connectivity index (χ4v) is 3.35. The molecule has 0 spiro atoms. The van der Waals surface area contributed by atoms with E-state index in [0.717, 1.165) is 36.5 Å². The van der Waals surface area contributed by atoms with Crippen LogP contribution in [0.4, 0.5) is 0 Å². The van der Waals surface area contributed by atoms with E-state index in [-0.39, 0.29) is 11.9 Å². The zero-order chi connectivity index (χ0) is 14.7. The minimum absolute atomic E-state index is 0.103. The van der Waals surface area contributed by atoms with Crippen molar-refractivity contribution in [2.75, 3.05) is 13.1 Å². The number of amides is 1. The molecule has 6 heteroatoms. The summed E-state index contributed by atoms with van der Waals surface area (Å²) in [6.45, 7) is 1.86. The molecule has 2 N–H and O–H groups in total. The predicted molar refractivity (Wildman–Crippen MR) is 85.9 cm³/mol. The quantitative estimate of drug-likeness (QED) is 0.914. The summed E-state index contributed by atoms with van der Waals surface area (Å²) in [6, 6.07) is 7.70. The Labute approximate surface area is 132 Å². The lowest BCUT2D eigenvalue weighted by molar-refractivity contribution is 0.0926. The van der Waals surface area contributed by atoms with Crippen LogP contribution in [0.5, 0.6) is 0 Å². The van der Waals surface area contributed by atoms with Gasteiger partial charge in [0.15, 0.2) is 0 Å². The summed E-state index contributed by atoms with van der Waals surface area (Å²) >= 11 is 7.44. The normalized spacial score (nSPS) is 18.4. The first kappa shape index (κ1) is 14.5. The van der Waals surface area contributed by atoms with Gasteiger partial charge in [0, 0.05) is 28.6 Å². The third kappa shape index (κ3) is 3.61. The van der Waals surface area contributed by atoms with Gasteiger partial charge in [0.05, 0.1) is 0 Å². The van der Waals surface area contributed by atoms with E-state index in [1.54, 1.807) is 5.38 Å². The fraction of sp³-hybridized carbons (Fsp3) is 0.333. The number of thiazole rings is 1. The van der Waals surface area contributed by atoms with Gasteiger partial charge in [0.1, 0.15) is 10.7 Å². The zero-order valence-electron chi connectivity index (χ0n) is 11.4. The van der Waals surface area contributed by atoms with Crippen molar-refractivity contribution in [1.29, 1.82) is 0 Å². The van der Waals surface area contributed by atoms with Gasteiger partial charge in [-0.3, -0.25) is 4.79 Å². The van der Waals surface area contributed by atoms with Crippen LogP contribution in [0.1, 0.15) is 23.3 Å². The number of nitrogens with zero attached hydrogens (tertiary/aromatic N) is 1. The Kier molecular flexibility index (Phi) is 4.53. The van der Waals surface area contributed by atoms with Crippen LogP contribution >= 0.6 is 22.9 Å². The van der Waals surface area contributed by atoms with Crippen LogP contribution in [0.2, 0.25) is 5.02 Å². The van der Waals surface area contributed by atoms with Crippen molar-refractivity contribution in [3.05, 3.63) is 40.4 Å². The van der Waals surface area contributed by atoms with E-state index in [0.29, 0.717) is 10.7 Å². The van der Waals surface area contributed by atoms with Gasteiger partial charge in [0.25, 0.3) is 5.91 Å². The van der Waals surface area contributed by atoms with Gasteiger partial charge in [0.2, 0.25) is 0 Å². The number of piperidine rings is 1. The maximum atomic E-state index is 12.2. The molecule has 0 saturated carbocycles. The lowest BCUT2D eigenvalue weighted by Crippen LogP contribution is -2.45. The van der Waals surface area contributed by atoms with Crippen LogP contribution in [-0.4, -0.2) is 30.0 Å². The molecule has 1 atom stereocenters. The SMILES string of the molecule is O=C(N[C@H]1CCCNC1)c1csc(-c2cccc(Cl)c2)n1. The second kappa shape index (κ2) is 6.56. The number of hydrogen-bond donors (Lipinski definition) is 2. The van der Waals surface area contributed by atoms with Crippen LogP contribution in [0.25, 0.3) is 10.6 Å². The van der Waals surface area contributed by atoms with Gasteiger partial charge in [-0.1, -0.05) is 23.7 Å². The Bertz CT molecular complexity index is 637. The molecule has 0 unspecified atom stereocenters. The lowest BCUT2D eigenvalue weighted by Gasteiger charge is -2.23. The van der Waals surface area contributed by atoms with E-state index >= 15 is 0 Å². The molecule has 0 bridgehead atoms. The topological polar surface area (TPSA) is 54.0 Å². The highest BCUT2D eigenvalue weighted by Gasteiger charge is 2.18. The summed E-state index contributed by atoms with van der Waals surface area (Å²) in [5.41, 5.74) is 1.41. The maximum absolute atomic E-state index is 12.2. The van der Waals surface area contributed by atoms with Crippen molar-refractivity contribution in [1.82, 2.24) is 15.6 Å². The number of nitrogens with one attached hydrogen (secondary N) is 2. The van der Waals surface area contributed by atoms with Crippen molar-refractivity contribution in [3.8, 4) is 10.6 Å². The van der Waals surface area contributed by atoms with Crippen molar-refractivity contribution < 1.29 is 4.79 Å². The molecule has 2 aromatic rings. The van der Waals surface area contributed by atoms with Crippen LogP contribution in [-0.2, 0) is 0 Å². The Hall–Kier alpha value is -1.43. The second-order valence-electron chi connectivity index (χ2n) is 5.06. The van der Waals surface area contributed by atoms with Crippen molar-refractivity contribution in [2.45, 2.75) is 18.9 Å². The summed E-state index contributed by atoms with van der Waals surface area (Å²) in [7, 11) is 0. The van der Waals surface area contributed by atoms with Crippen LogP contribution in [0.15, 0.2) is 29.6 Å². The summed E-state index contributed by atoms with van der Waals surface area (Å²) in [4.78, 5) is 16.6. The minimum atomic E-state index is -0.103.